The minimum atomic E-state index is -0.813. The van der Waals surface area contributed by atoms with Gasteiger partial charge in [-0.2, -0.15) is 0 Å². The van der Waals surface area contributed by atoms with Gasteiger partial charge in [0, 0.05) is 3.57 Å². The topological polar surface area (TPSA) is 37.3 Å². The summed E-state index contributed by atoms with van der Waals surface area (Å²) < 4.78 is 1.14. The zero-order valence-corrected chi connectivity index (χ0v) is 11.3. The summed E-state index contributed by atoms with van der Waals surface area (Å²) in [6, 6.07) is 5.89. The molecule has 0 saturated heterocycles. The summed E-state index contributed by atoms with van der Waals surface area (Å²) in [6.07, 6.45) is 0.978. The number of hydrogen-bond donors (Lipinski definition) is 1. The third-order valence-electron chi connectivity index (χ3n) is 2.69. The number of halogens is 1. The fourth-order valence-corrected chi connectivity index (χ4v) is 2.24. The highest BCUT2D eigenvalue weighted by molar-refractivity contribution is 14.1. The Kier molecular flexibility index (Phi) is 3.76. The first-order valence-electron chi connectivity index (χ1n) is 4.92. The van der Waals surface area contributed by atoms with Crippen molar-refractivity contribution in [2.24, 2.45) is 0 Å². The van der Waals surface area contributed by atoms with Crippen molar-refractivity contribution in [3.63, 3.8) is 0 Å². The van der Waals surface area contributed by atoms with Gasteiger partial charge in [0.05, 0.1) is 5.41 Å². The van der Waals surface area contributed by atoms with Gasteiger partial charge in [-0.25, -0.2) is 0 Å². The molecule has 0 atom stereocenters. The van der Waals surface area contributed by atoms with E-state index in [1.54, 1.807) is 13.8 Å². The molecule has 0 bridgehead atoms. The first-order chi connectivity index (χ1) is 6.89. The number of hydrogen-bond acceptors (Lipinski definition) is 1. The molecule has 15 heavy (non-hydrogen) atoms. The van der Waals surface area contributed by atoms with Gasteiger partial charge in [-0.15, -0.1) is 0 Å². The van der Waals surface area contributed by atoms with Crippen LogP contribution < -0.4 is 0 Å². The predicted octanol–water partition coefficient (Wildman–Crippen LogP) is 3.22. The van der Waals surface area contributed by atoms with Gasteiger partial charge in [-0.3, -0.25) is 4.79 Å². The maximum atomic E-state index is 11.1. The average molecular weight is 318 g/mol. The molecule has 3 heteroatoms. The van der Waals surface area contributed by atoms with E-state index in [0.29, 0.717) is 0 Å². The van der Waals surface area contributed by atoms with Gasteiger partial charge < -0.3 is 5.11 Å². The second-order valence-corrected chi connectivity index (χ2v) is 5.25. The van der Waals surface area contributed by atoms with E-state index in [1.165, 1.54) is 5.56 Å². The normalized spacial score (nSPS) is 11.5. The highest BCUT2D eigenvalue weighted by atomic mass is 127. The number of carboxylic acids is 1. The summed E-state index contributed by atoms with van der Waals surface area (Å²) in [5.41, 5.74) is 1.31. The van der Waals surface area contributed by atoms with Gasteiger partial charge in [0.15, 0.2) is 0 Å². The molecule has 82 valence electrons. The fraction of sp³-hybridized carbons (Fsp3) is 0.417. The van der Waals surface area contributed by atoms with Crippen molar-refractivity contribution in [3.05, 3.63) is 32.9 Å². The van der Waals surface area contributed by atoms with E-state index in [4.69, 9.17) is 5.11 Å². The van der Waals surface area contributed by atoms with Crippen molar-refractivity contribution < 1.29 is 9.90 Å². The van der Waals surface area contributed by atoms with Crippen molar-refractivity contribution in [1.29, 1.82) is 0 Å². The molecule has 0 amide bonds. The van der Waals surface area contributed by atoms with E-state index >= 15 is 0 Å². The predicted molar refractivity (Wildman–Crippen MR) is 69.2 cm³/mol. The van der Waals surface area contributed by atoms with Gasteiger partial charge in [0.25, 0.3) is 0 Å². The second-order valence-electron chi connectivity index (χ2n) is 4.09. The number of aryl methyl sites for hydroxylation is 1. The van der Waals surface area contributed by atoms with Crippen LogP contribution in [0.2, 0.25) is 0 Å². The van der Waals surface area contributed by atoms with E-state index in [9.17, 15) is 4.79 Å². The van der Waals surface area contributed by atoms with Gasteiger partial charge in [-0.05, 0) is 60.1 Å². The lowest BCUT2D eigenvalue weighted by molar-refractivity contribution is -0.142. The Hall–Kier alpha value is -0.580. The van der Waals surface area contributed by atoms with Crippen LogP contribution in [0.4, 0.5) is 0 Å². The van der Waals surface area contributed by atoms with Crippen LogP contribution in [0.1, 0.15) is 31.9 Å². The average Bonchev–Trinajstić information content (AvgIpc) is 2.17. The largest absolute Gasteiger partial charge is 0.481 e. The third kappa shape index (κ3) is 2.51. The van der Waals surface area contributed by atoms with Gasteiger partial charge >= 0.3 is 5.97 Å². The van der Waals surface area contributed by atoms with Crippen molar-refractivity contribution in [3.8, 4) is 0 Å². The molecule has 1 rings (SSSR count). The molecular weight excluding hydrogens is 303 g/mol. The van der Waals surface area contributed by atoms with E-state index in [-0.39, 0.29) is 0 Å². The second kappa shape index (κ2) is 4.51. The Labute approximate surface area is 104 Å². The van der Waals surface area contributed by atoms with Crippen molar-refractivity contribution in [1.82, 2.24) is 0 Å². The minimum absolute atomic E-state index is 0.789. The fourth-order valence-electron chi connectivity index (χ4n) is 1.35. The summed E-state index contributed by atoms with van der Waals surface area (Å²) in [6.45, 7) is 5.55. The van der Waals surface area contributed by atoms with Gasteiger partial charge in [0.2, 0.25) is 0 Å². The van der Waals surface area contributed by atoms with Crippen LogP contribution in [0.25, 0.3) is 0 Å². The molecule has 0 spiro atoms. The van der Waals surface area contributed by atoms with Crippen LogP contribution in [0.3, 0.4) is 0 Å². The molecule has 1 aromatic carbocycles. The number of rotatable bonds is 3. The maximum absolute atomic E-state index is 11.1. The summed E-state index contributed by atoms with van der Waals surface area (Å²) in [4.78, 5) is 11.1. The molecule has 0 radical (unpaired) electrons. The van der Waals surface area contributed by atoms with Crippen molar-refractivity contribution >= 4 is 28.6 Å². The minimum Gasteiger partial charge on any atom is -0.481 e. The Morgan fingerprint density at radius 1 is 1.47 bits per heavy atom. The molecule has 0 saturated carbocycles. The first-order valence-corrected chi connectivity index (χ1v) is 5.99. The molecule has 2 nitrogen and oxygen atoms in total. The zero-order chi connectivity index (χ0) is 11.6. The van der Waals surface area contributed by atoms with E-state index < -0.39 is 11.4 Å². The number of aliphatic carboxylic acids is 1. The molecular formula is C12H15IO2. The monoisotopic (exact) mass is 318 g/mol. The van der Waals surface area contributed by atoms with E-state index in [1.807, 2.05) is 18.2 Å². The van der Waals surface area contributed by atoms with Crippen LogP contribution in [0.5, 0.6) is 0 Å². The van der Waals surface area contributed by atoms with Crippen molar-refractivity contribution in [2.45, 2.75) is 32.6 Å². The zero-order valence-electron chi connectivity index (χ0n) is 9.17. The first kappa shape index (κ1) is 12.5. The van der Waals surface area contributed by atoms with Gasteiger partial charge in [0.1, 0.15) is 0 Å². The van der Waals surface area contributed by atoms with E-state index in [0.717, 1.165) is 15.6 Å². The Bertz CT molecular complexity index is 383. The molecule has 0 heterocycles. The lowest BCUT2D eigenvalue weighted by atomic mass is 9.84. The van der Waals surface area contributed by atoms with Gasteiger partial charge in [-0.1, -0.05) is 19.1 Å². The standard InChI is InChI=1S/C12H15IO2/c1-4-8-5-6-9(7-10(8)13)12(2,3)11(14)15/h5-7H,4H2,1-3H3,(H,14,15). The number of carboxylic acid groups (broad SMARTS) is 1. The SMILES string of the molecule is CCc1ccc(C(C)(C)C(=O)O)cc1I. The molecule has 0 unspecified atom stereocenters. The Morgan fingerprint density at radius 3 is 2.47 bits per heavy atom. The summed E-state index contributed by atoms with van der Waals surface area (Å²) >= 11 is 2.26. The highest BCUT2D eigenvalue weighted by Gasteiger charge is 2.29. The summed E-state index contributed by atoms with van der Waals surface area (Å²) in [5.74, 6) is -0.789. The molecule has 1 N–H and O–H groups in total. The smallest absolute Gasteiger partial charge is 0.313 e. The van der Waals surface area contributed by atoms with Crippen LogP contribution in [0, 0.1) is 3.57 Å². The molecule has 0 fully saturated rings. The highest BCUT2D eigenvalue weighted by Crippen LogP contribution is 2.26. The molecule has 0 aliphatic rings. The molecule has 0 aliphatic heterocycles. The lowest BCUT2D eigenvalue weighted by Crippen LogP contribution is -2.28. The number of carbonyl (C=O) groups is 1. The van der Waals surface area contributed by atoms with Crippen LogP contribution in [-0.4, -0.2) is 11.1 Å². The molecule has 0 aromatic heterocycles. The van der Waals surface area contributed by atoms with Crippen LogP contribution in [0.15, 0.2) is 18.2 Å². The molecule has 0 aliphatic carbocycles. The maximum Gasteiger partial charge on any atom is 0.313 e. The van der Waals surface area contributed by atoms with Crippen molar-refractivity contribution in [2.75, 3.05) is 0 Å². The summed E-state index contributed by atoms with van der Waals surface area (Å²) in [5, 5.41) is 9.11. The summed E-state index contributed by atoms with van der Waals surface area (Å²) in [7, 11) is 0. The van der Waals surface area contributed by atoms with Crippen LogP contribution in [-0.2, 0) is 16.6 Å². The third-order valence-corrected chi connectivity index (χ3v) is 3.69. The van der Waals surface area contributed by atoms with Crippen LogP contribution >= 0.6 is 22.6 Å². The number of benzene rings is 1. The lowest BCUT2D eigenvalue weighted by Gasteiger charge is -2.20. The molecule has 1 aromatic rings. The Balaban J connectivity index is 3.18. The quantitative estimate of drug-likeness (QED) is 0.869. The Morgan fingerprint density at radius 2 is 2.07 bits per heavy atom. The van der Waals surface area contributed by atoms with E-state index in [2.05, 4.69) is 29.5 Å².